The fourth-order valence-corrected chi connectivity index (χ4v) is 4.29. The van der Waals surface area contributed by atoms with Crippen molar-refractivity contribution in [1.82, 2.24) is 25.3 Å². The summed E-state index contributed by atoms with van der Waals surface area (Å²) in [6.45, 7) is 1.48. The molecule has 30 heavy (non-hydrogen) atoms. The number of carbonyl (C=O) groups excluding carboxylic acids is 1. The van der Waals surface area contributed by atoms with Gasteiger partial charge in [0.05, 0.1) is 23.4 Å². The second kappa shape index (κ2) is 8.74. The molecule has 0 unspecified atom stereocenters. The maximum Gasteiger partial charge on any atom is 0.270 e. The van der Waals surface area contributed by atoms with Crippen LogP contribution in [0.2, 0.25) is 0 Å². The maximum absolute atomic E-state index is 12.4. The molecule has 0 aromatic carbocycles. The lowest BCUT2D eigenvalue weighted by molar-refractivity contribution is 0.0946. The van der Waals surface area contributed by atoms with Crippen LogP contribution in [0.5, 0.6) is 0 Å². The molecule has 10 heteroatoms. The van der Waals surface area contributed by atoms with Gasteiger partial charge in [0, 0.05) is 50.0 Å². The fourth-order valence-electron chi connectivity index (χ4n) is 3.06. The van der Waals surface area contributed by atoms with Gasteiger partial charge in [0.2, 0.25) is 0 Å². The minimum Gasteiger partial charge on any atom is -0.353 e. The molecule has 1 aliphatic heterocycles. The Bertz CT molecular complexity index is 989. The number of carbonyl (C=O) groups is 1. The van der Waals surface area contributed by atoms with Crippen LogP contribution in [0.4, 0.5) is 5.82 Å². The van der Waals surface area contributed by atoms with Crippen molar-refractivity contribution in [2.24, 2.45) is 0 Å². The van der Waals surface area contributed by atoms with Crippen LogP contribution in [0, 0.1) is 0 Å². The van der Waals surface area contributed by atoms with E-state index in [1.165, 1.54) is 0 Å². The molecular weight excluding hydrogens is 404 g/mol. The standard InChI is InChI=1S/C20H22N6O3S/c27-20(17-3-2-16(13-23-17)18-14-21-5-6-22-18)25-12-15-1-4-19(24-11-15)26-7-9-30(28,29)10-8-26/h1-6,11,13-14,28-29H,7-10,12H2,(H,25,27). The molecule has 3 aromatic rings. The van der Waals surface area contributed by atoms with Crippen LogP contribution in [0.1, 0.15) is 16.1 Å². The van der Waals surface area contributed by atoms with E-state index in [1.54, 1.807) is 43.1 Å². The van der Waals surface area contributed by atoms with Crippen molar-refractivity contribution in [2.75, 3.05) is 29.5 Å². The molecule has 1 amide bonds. The van der Waals surface area contributed by atoms with Crippen LogP contribution in [0.3, 0.4) is 0 Å². The number of pyridine rings is 2. The van der Waals surface area contributed by atoms with Crippen LogP contribution < -0.4 is 10.2 Å². The van der Waals surface area contributed by atoms with Crippen molar-refractivity contribution in [3.8, 4) is 11.3 Å². The lowest BCUT2D eigenvalue weighted by atomic mass is 10.2. The molecule has 3 aromatic heterocycles. The van der Waals surface area contributed by atoms with Gasteiger partial charge in [-0.25, -0.2) is 4.98 Å². The average molecular weight is 427 g/mol. The molecule has 1 fully saturated rings. The third-order valence-corrected chi connectivity index (χ3v) is 6.49. The highest BCUT2D eigenvalue weighted by molar-refractivity contribution is 8.24. The molecule has 3 N–H and O–H groups in total. The molecule has 0 saturated carbocycles. The summed E-state index contributed by atoms with van der Waals surface area (Å²) in [5.41, 5.74) is 2.67. The number of anilines is 1. The van der Waals surface area contributed by atoms with Gasteiger partial charge >= 0.3 is 0 Å². The van der Waals surface area contributed by atoms with Gasteiger partial charge in [-0.1, -0.05) is 6.07 Å². The second-order valence-corrected chi connectivity index (χ2v) is 9.35. The van der Waals surface area contributed by atoms with E-state index in [0.717, 1.165) is 16.9 Å². The summed E-state index contributed by atoms with van der Waals surface area (Å²) >= 11 is 0. The lowest BCUT2D eigenvalue weighted by Crippen LogP contribution is -2.38. The molecule has 0 bridgehead atoms. The average Bonchev–Trinajstić information content (AvgIpc) is 2.79. The van der Waals surface area contributed by atoms with Crippen molar-refractivity contribution in [3.05, 3.63) is 66.5 Å². The molecule has 4 rings (SSSR count). The molecule has 0 radical (unpaired) electrons. The fraction of sp³-hybridized carbons (Fsp3) is 0.250. The maximum atomic E-state index is 12.4. The molecule has 1 aliphatic rings. The summed E-state index contributed by atoms with van der Waals surface area (Å²) < 4.78 is 19.4. The van der Waals surface area contributed by atoms with E-state index in [1.807, 2.05) is 17.0 Å². The molecule has 0 atom stereocenters. The molecule has 9 nitrogen and oxygen atoms in total. The summed E-state index contributed by atoms with van der Waals surface area (Å²) in [7, 11) is -2.42. The Kier molecular flexibility index (Phi) is 5.88. The van der Waals surface area contributed by atoms with E-state index in [-0.39, 0.29) is 5.91 Å². The third-order valence-electron chi connectivity index (χ3n) is 4.82. The zero-order chi connectivity index (χ0) is 21.0. The van der Waals surface area contributed by atoms with E-state index >= 15 is 0 Å². The number of hydrogen-bond acceptors (Lipinski definition) is 8. The van der Waals surface area contributed by atoms with Gasteiger partial charge in [-0.2, -0.15) is 10.6 Å². The van der Waals surface area contributed by atoms with Gasteiger partial charge in [0.15, 0.2) is 0 Å². The van der Waals surface area contributed by atoms with Crippen molar-refractivity contribution < 1.29 is 13.9 Å². The van der Waals surface area contributed by atoms with Gasteiger partial charge in [-0.3, -0.25) is 28.9 Å². The van der Waals surface area contributed by atoms with E-state index in [0.29, 0.717) is 42.5 Å². The number of nitrogens with one attached hydrogen (secondary N) is 1. The number of nitrogens with zero attached hydrogens (tertiary/aromatic N) is 5. The van der Waals surface area contributed by atoms with Gasteiger partial charge in [0.25, 0.3) is 5.91 Å². The Balaban J connectivity index is 1.32. The molecule has 0 spiro atoms. The molecule has 1 saturated heterocycles. The zero-order valence-corrected chi connectivity index (χ0v) is 17.0. The van der Waals surface area contributed by atoms with E-state index < -0.39 is 10.6 Å². The number of hydrogen-bond donors (Lipinski definition) is 3. The van der Waals surface area contributed by atoms with Gasteiger partial charge in [-0.05, 0) is 23.8 Å². The highest BCUT2D eigenvalue weighted by Crippen LogP contribution is 2.40. The Hall–Kier alpha value is -3.08. The van der Waals surface area contributed by atoms with Crippen LogP contribution in [0.25, 0.3) is 11.3 Å². The first kappa shape index (κ1) is 20.2. The molecule has 4 heterocycles. The van der Waals surface area contributed by atoms with E-state index in [2.05, 4.69) is 25.3 Å². The number of rotatable bonds is 5. The predicted molar refractivity (Wildman–Crippen MR) is 115 cm³/mol. The lowest BCUT2D eigenvalue weighted by Gasteiger charge is -2.41. The van der Waals surface area contributed by atoms with Crippen LogP contribution in [-0.4, -0.2) is 59.5 Å². The minimum atomic E-state index is -2.42. The van der Waals surface area contributed by atoms with Crippen LogP contribution in [0.15, 0.2) is 55.2 Å². The Morgan fingerprint density at radius 1 is 1.00 bits per heavy atom. The summed E-state index contributed by atoms with van der Waals surface area (Å²) in [6, 6.07) is 7.23. The predicted octanol–water partition coefficient (Wildman–Crippen LogP) is 2.43. The topological polar surface area (TPSA) is 124 Å². The van der Waals surface area contributed by atoms with Crippen molar-refractivity contribution in [1.29, 1.82) is 0 Å². The van der Waals surface area contributed by atoms with Crippen molar-refractivity contribution in [3.63, 3.8) is 0 Å². The first-order chi connectivity index (χ1) is 14.5. The first-order valence-corrected chi connectivity index (χ1v) is 11.3. The largest absolute Gasteiger partial charge is 0.353 e. The van der Waals surface area contributed by atoms with Gasteiger partial charge in [0.1, 0.15) is 11.5 Å². The number of aromatic nitrogens is 4. The third kappa shape index (κ3) is 4.90. The Labute approximate surface area is 175 Å². The number of amides is 1. The quantitative estimate of drug-likeness (QED) is 0.568. The second-order valence-electron chi connectivity index (χ2n) is 6.93. The first-order valence-electron chi connectivity index (χ1n) is 9.44. The van der Waals surface area contributed by atoms with Crippen molar-refractivity contribution in [2.45, 2.75) is 6.54 Å². The molecule has 156 valence electrons. The van der Waals surface area contributed by atoms with Gasteiger partial charge in [-0.15, -0.1) is 0 Å². The summed E-state index contributed by atoms with van der Waals surface area (Å²) in [4.78, 5) is 31.3. The van der Waals surface area contributed by atoms with Gasteiger partial charge < -0.3 is 10.2 Å². The summed E-state index contributed by atoms with van der Waals surface area (Å²) in [6.07, 6.45) is 8.16. The Morgan fingerprint density at radius 2 is 1.83 bits per heavy atom. The highest BCUT2D eigenvalue weighted by atomic mass is 32.3. The Morgan fingerprint density at radius 3 is 2.47 bits per heavy atom. The van der Waals surface area contributed by atoms with E-state index in [4.69, 9.17) is 0 Å². The van der Waals surface area contributed by atoms with Crippen molar-refractivity contribution >= 4 is 22.3 Å². The normalized spacial score (nSPS) is 16.7. The molecule has 0 aliphatic carbocycles. The smallest absolute Gasteiger partial charge is 0.270 e. The SMILES string of the molecule is O=C(NCc1ccc(N2CCS(O)(O)CC2)nc1)c1ccc(-c2cnccn2)cn1. The minimum absolute atomic E-state index is 0.272. The molecular formula is C20H22N6O3S. The summed E-state index contributed by atoms with van der Waals surface area (Å²) in [5.74, 6) is 1.26. The highest BCUT2D eigenvalue weighted by Gasteiger charge is 2.22. The summed E-state index contributed by atoms with van der Waals surface area (Å²) in [5, 5.41) is 2.84. The zero-order valence-electron chi connectivity index (χ0n) is 16.2. The van der Waals surface area contributed by atoms with E-state index in [9.17, 15) is 13.9 Å². The van der Waals surface area contributed by atoms with Crippen LogP contribution in [-0.2, 0) is 6.54 Å². The van der Waals surface area contributed by atoms with Crippen LogP contribution >= 0.6 is 10.6 Å². The monoisotopic (exact) mass is 426 g/mol.